The summed E-state index contributed by atoms with van der Waals surface area (Å²) in [5, 5.41) is 9.79. The van der Waals surface area contributed by atoms with Gasteiger partial charge in [0.25, 0.3) is 0 Å². The Labute approximate surface area is 113 Å². The van der Waals surface area contributed by atoms with Crippen LogP contribution >= 0.6 is 0 Å². The molecule has 2 rings (SSSR count). The van der Waals surface area contributed by atoms with Crippen LogP contribution < -0.4 is 0 Å². The number of benzene rings is 1. The van der Waals surface area contributed by atoms with E-state index < -0.39 is 0 Å². The minimum absolute atomic E-state index is 0.0214. The molecule has 0 saturated carbocycles. The predicted octanol–water partition coefficient (Wildman–Crippen LogP) is 2.10. The monoisotopic (exact) mass is 265 g/mol. The molecule has 3 nitrogen and oxygen atoms in total. The summed E-state index contributed by atoms with van der Waals surface area (Å²) in [5.74, 6) is 0.0295. The van der Waals surface area contributed by atoms with Gasteiger partial charge in [-0.2, -0.15) is 0 Å². The van der Waals surface area contributed by atoms with Crippen molar-refractivity contribution in [1.29, 1.82) is 0 Å². The van der Waals surface area contributed by atoms with Crippen LogP contribution in [0.15, 0.2) is 24.3 Å². The number of rotatable bonds is 4. The van der Waals surface area contributed by atoms with E-state index in [9.17, 15) is 14.3 Å². The minimum atomic E-state index is -0.329. The number of nitrogens with zero attached hydrogens (tertiary/aromatic N) is 1. The molecule has 104 valence electrons. The molecular weight excluding hydrogens is 245 g/mol. The van der Waals surface area contributed by atoms with Crippen LogP contribution in [0.2, 0.25) is 0 Å². The summed E-state index contributed by atoms with van der Waals surface area (Å²) in [5.41, 5.74) is 0.548. The first-order valence-corrected chi connectivity index (χ1v) is 6.75. The second-order valence-corrected chi connectivity index (χ2v) is 5.31. The van der Waals surface area contributed by atoms with Crippen LogP contribution in [0.4, 0.5) is 4.39 Å². The van der Waals surface area contributed by atoms with E-state index in [1.807, 2.05) is 6.92 Å². The number of halogens is 1. The highest BCUT2D eigenvalue weighted by atomic mass is 19.1. The van der Waals surface area contributed by atoms with E-state index in [-0.39, 0.29) is 17.7 Å². The standard InChI is InChI=1S/C15H20FNO2/c1-11-6-8-17(10-15(11)19)9-7-14(18)12-2-4-13(16)5-3-12/h2-5,11,15,19H,6-10H2,1H3/t11-,15-/m0/s1. The van der Waals surface area contributed by atoms with Gasteiger partial charge in [-0.05, 0) is 43.1 Å². The van der Waals surface area contributed by atoms with Gasteiger partial charge in [0.05, 0.1) is 6.10 Å². The Morgan fingerprint density at radius 1 is 1.42 bits per heavy atom. The highest BCUT2D eigenvalue weighted by molar-refractivity contribution is 5.96. The molecule has 4 heteroatoms. The van der Waals surface area contributed by atoms with E-state index in [4.69, 9.17) is 0 Å². The zero-order valence-corrected chi connectivity index (χ0v) is 11.2. The number of aliphatic hydroxyl groups is 1. The normalized spacial score (nSPS) is 24.4. The van der Waals surface area contributed by atoms with Crippen molar-refractivity contribution in [3.8, 4) is 0 Å². The number of β-amino-alcohol motifs (C(OH)–C–C–N with tert-alkyl or cyclic N) is 1. The number of carbonyl (C=O) groups is 1. The maximum atomic E-state index is 12.8. The number of carbonyl (C=O) groups excluding carboxylic acids is 1. The van der Waals surface area contributed by atoms with Crippen LogP contribution in [0.3, 0.4) is 0 Å². The lowest BCUT2D eigenvalue weighted by atomic mass is 9.96. The molecule has 0 radical (unpaired) electrons. The second kappa shape index (κ2) is 6.26. The molecular formula is C15H20FNO2. The summed E-state index contributed by atoms with van der Waals surface area (Å²) in [6.07, 6.45) is 1.08. The Bertz CT molecular complexity index is 432. The lowest BCUT2D eigenvalue weighted by Gasteiger charge is -2.34. The van der Waals surface area contributed by atoms with Crippen LogP contribution in [-0.2, 0) is 0 Å². The first-order valence-electron chi connectivity index (χ1n) is 6.75. The average molecular weight is 265 g/mol. The summed E-state index contributed by atoms with van der Waals surface area (Å²) in [4.78, 5) is 14.1. The van der Waals surface area contributed by atoms with Crippen molar-refractivity contribution in [2.75, 3.05) is 19.6 Å². The van der Waals surface area contributed by atoms with Crippen LogP contribution in [0.1, 0.15) is 30.1 Å². The van der Waals surface area contributed by atoms with Gasteiger partial charge in [0.15, 0.2) is 5.78 Å². The molecule has 0 spiro atoms. The van der Waals surface area contributed by atoms with Gasteiger partial charge in [-0.3, -0.25) is 4.79 Å². The van der Waals surface area contributed by atoms with Crippen molar-refractivity contribution in [3.63, 3.8) is 0 Å². The quantitative estimate of drug-likeness (QED) is 0.848. The molecule has 0 aromatic heterocycles. The van der Waals surface area contributed by atoms with Gasteiger partial charge in [0.2, 0.25) is 0 Å². The molecule has 2 atom stereocenters. The lowest BCUT2D eigenvalue weighted by molar-refractivity contribution is 0.0287. The SMILES string of the molecule is C[C@H]1CCN(CCC(=O)c2ccc(F)cc2)C[C@@H]1O. The van der Waals surface area contributed by atoms with Crippen molar-refractivity contribution in [2.45, 2.75) is 25.9 Å². The summed E-state index contributed by atoms with van der Waals surface area (Å²) >= 11 is 0. The number of hydrogen-bond donors (Lipinski definition) is 1. The Morgan fingerprint density at radius 2 is 2.11 bits per heavy atom. The Kier molecular flexibility index (Phi) is 4.66. The van der Waals surface area contributed by atoms with Crippen LogP contribution in [0.25, 0.3) is 0 Å². The highest BCUT2D eigenvalue weighted by Crippen LogP contribution is 2.17. The molecule has 1 saturated heterocycles. The fraction of sp³-hybridized carbons (Fsp3) is 0.533. The van der Waals surface area contributed by atoms with E-state index >= 15 is 0 Å². The van der Waals surface area contributed by atoms with Crippen molar-refractivity contribution < 1.29 is 14.3 Å². The van der Waals surface area contributed by atoms with Crippen molar-refractivity contribution in [3.05, 3.63) is 35.6 Å². The minimum Gasteiger partial charge on any atom is -0.392 e. The fourth-order valence-electron chi connectivity index (χ4n) is 2.36. The topological polar surface area (TPSA) is 40.5 Å². The van der Waals surface area contributed by atoms with E-state index in [0.29, 0.717) is 31.0 Å². The molecule has 19 heavy (non-hydrogen) atoms. The third kappa shape index (κ3) is 3.85. The molecule has 0 aliphatic carbocycles. The zero-order chi connectivity index (χ0) is 13.8. The van der Waals surface area contributed by atoms with Gasteiger partial charge < -0.3 is 10.0 Å². The van der Waals surface area contributed by atoms with E-state index in [2.05, 4.69) is 4.90 Å². The van der Waals surface area contributed by atoms with Gasteiger partial charge in [0, 0.05) is 25.1 Å². The first kappa shape index (κ1) is 14.2. The Balaban J connectivity index is 1.82. The van der Waals surface area contributed by atoms with E-state index in [0.717, 1.165) is 13.0 Å². The van der Waals surface area contributed by atoms with Gasteiger partial charge >= 0.3 is 0 Å². The van der Waals surface area contributed by atoms with E-state index in [1.54, 1.807) is 0 Å². The first-order chi connectivity index (χ1) is 9.06. The fourth-order valence-corrected chi connectivity index (χ4v) is 2.36. The molecule has 1 aliphatic heterocycles. The molecule has 1 N–H and O–H groups in total. The van der Waals surface area contributed by atoms with Crippen molar-refractivity contribution in [1.82, 2.24) is 4.90 Å². The van der Waals surface area contributed by atoms with Gasteiger partial charge in [-0.1, -0.05) is 6.92 Å². The lowest BCUT2D eigenvalue weighted by Crippen LogP contribution is -2.43. The van der Waals surface area contributed by atoms with Gasteiger partial charge in [-0.25, -0.2) is 4.39 Å². The Morgan fingerprint density at radius 3 is 2.74 bits per heavy atom. The van der Waals surface area contributed by atoms with Crippen LogP contribution in [0.5, 0.6) is 0 Å². The number of hydrogen-bond acceptors (Lipinski definition) is 3. The summed E-state index contributed by atoms with van der Waals surface area (Å²) in [6.45, 7) is 4.26. The number of piperidine rings is 1. The van der Waals surface area contributed by atoms with Crippen LogP contribution in [-0.4, -0.2) is 41.5 Å². The number of Topliss-reactive ketones (excluding diaryl/α,β-unsaturated/α-hetero) is 1. The second-order valence-electron chi connectivity index (χ2n) is 5.31. The maximum absolute atomic E-state index is 12.8. The summed E-state index contributed by atoms with van der Waals surface area (Å²) < 4.78 is 12.8. The third-order valence-electron chi connectivity index (χ3n) is 3.82. The average Bonchev–Trinajstić information content (AvgIpc) is 2.40. The molecule has 0 amide bonds. The summed E-state index contributed by atoms with van der Waals surface area (Å²) in [6, 6.07) is 5.65. The molecule has 1 aromatic carbocycles. The zero-order valence-electron chi connectivity index (χ0n) is 11.2. The number of ketones is 1. The summed E-state index contributed by atoms with van der Waals surface area (Å²) in [7, 11) is 0. The van der Waals surface area contributed by atoms with Crippen molar-refractivity contribution >= 4 is 5.78 Å². The molecule has 1 heterocycles. The third-order valence-corrected chi connectivity index (χ3v) is 3.82. The van der Waals surface area contributed by atoms with Crippen LogP contribution in [0, 0.1) is 11.7 Å². The molecule has 1 aromatic rings. The molecule has 1 fully saturated rings. The predicted molar refractivity (Wildman–Crippen MR) is 71.6 cm³/mol. The van der Waals surface area contributed by atoms with E-state index in [1.165, 1.54) is 24.3 Å². The van der Waals surface area contributed by atoms with Gasteiger partial charge in [0.1, 0.15) is 5.82 Å². The molecule has 0 unspecified atom stereocenters. The molecule has 0 bridgehead atoms. The smallest absolute Gasteiger partial charge is 0.164 e. The largest absolute Gasteiger partial charge is 0.392 e. The van der Waals surface area contributed by atoms with Gasteiger partial charge in [-0.15, -0.1) is 0 Å². The molecule has 1 aliphatic rings. The Hall–Kier alpha value is -1.26. The number of likely N-dealkylation sites (tertiary alicyclic amines) is 1. The van der Waals surface area contributed by atoms with Crippen molar-refractivity contribution in [2.24, 2.45) is 5.92 Å². The highest BCUT2D eigenvalue weighted by Gasteiger charge is 2.24. The number of aliphatic hydroxyl groups excluding tert-OH is 1. The maximum Gasteiger partial charge on any atom is 0.164 e.